The number of carbonyl (C=O) groups excluding carboxylic acids is 1. The van der Waals surface area contributed by atoms with Crippen molar-refractivity contribution >= 4 is 6.09 Å². The maximum Gasteiger partial charge on any atom is 0.411 e. The van der Waals surface area contributed by atoms with Crippen LogP contribution in [0.3, 0.4) is 0 Å². The summed E-state index contributed by atoms with van der Waals surface area (Å²) in [4.78, 5) is 13.3. The Bertz CT molecular complexity index is 296. The van der Waals surface area contributed by atoms with Gasteiger partial charge < -0.3 is 14.9 Å². The molecule has 104 valence electrons. The number of rotatable bonds is 6. The molecule has 2 atom stereocenters. The van der Waals surface area contributed by atoms with Gasteiger partial charge in [-0.15, -0.1) is 13.2 Å². The van der Waals surface area contributed by atoms with Gasteiger partial charge in [0.1, 0.15) is 11.7 Å². The maximum atomic E-state index is 12.0. The molecule has 0 aliphatic carbocycles. The van der Waals surface area contributed by atoms with Gasteiger partial charge in [-0.3, -0.25) is 4.90 Å². The van der Waals surface area contributed by atoms with Crippen molar-refractivity contribution in [3.05, 3.63) is 25.3 Å². The molecular weight excluding hydrogens is 234 g/mol. The van der Waals surface area contributed by atoms with E-state index in [4.69, 9.17) is 9.84 Å². The Morgan fingerprint density at radius 3 is 2.33 bits per heavy atom. The average molecular weight is 257 g/mol. The Labute approximate surface area is 108 Å². The highest BCUT2D eigenvalue weighted by Crippen LogP contribution is 2.14. The van der Waals surface area contributed by atoms with Crippen molar-refractivity contribution in [1.82, 2.24) is 4.90 Å². The monoisotopic (exact) mass is 257 g/mol. The molecule has 5 nitrogen and oxygen atoms in total. The highest BCUT2D eigenvalue weighted by molar-refractivity contribution is 5.69. The molecule has 0 bridgehead atoms. The summed E-state index contributed by atoms with van der Waals surface area (Å²) in [5.74, 6) is 0. The van der Waals surface area contributed by atoms with Gasteiger partial charge in [0.2, 0.25) is 0 Å². The van der Waals surface area contributed by atoms with Crippen LogP contribution in [0.25, 0.3) is 0 Å². The molecule has 0 aromatic carbocycles. The lowest BCUT2D eigenvalue weighted by Gasteiger charge is -2.33. The molecule has 0 radical (unpaired) electrons. The second-order valence-corrected chi connectivity index (χ2v) is 4.90. The van der Waals surface area contributed by atoms with E-state index in [-0.39, 0.29) is 6.54 Å². The standard InChI is InChI=1S/C13H23NO4/c1-6-8-14(10(7-2)11(16)9-15)12(17)18-13(3,4)5/h6-7,10-11,15-16H,1-2,8-9H2,3-5H3. The van der Waals surface area contributed by atoms with Gasteiger partial charge in [0.25, 0.3) is 0 Å². The van der Waals surface area contributed by atoms with Crippen molar-refractivity contribution in [3.63, 3.8) is 0 Å². The number of hydrogen-bond acceptors (Lipinski definition) is 4. The predicted octanol–water partition coefficient (Wildman–Crippen LogP) is 1.32. The quantitative estimate of drug-likeness (QED) is 0.704. The van der Waals surface area contributed by atoms with Gasteiger partial charge in [-0.1, -0.05) is 12.2 Å². The fraction of sp³-hybridized carbons (Fsp3) is 0.615. The van der Waals surface area contributed by atoms with Crippen LogP contribution in [-0.2, 0) is 4.74 Å². The van der Waals surface area contributed by atoms with E-state index in [1.165, 1.54) is 17.1 Å². The van der Waals surface area contributed by atoms with Crippen molar-refractivity contribution in [2.75, 3.05) is 13.2 Å². The largest absolute Gasteiger partial charge is 0.444 e. The Kier molecular flexibility index (Phi) is 6.65. The third-order valence-corrected chi connectivity index (χ3v) is 2.14. The average Bonchev–Trinajstić information content (AvgIpc) is 2.26. The molecule has 2 N–H and O–H groups in total. The highest BCUT2D eigenvalue weighted by atomic mass is 16.6. The fourth-order valence-corrected chi connectivity index (χ4v) is 1.38. The van der Waals surface area contributed by atoms with Gasteiger partial charge in [-0.05, 0) is 20.8 Å². The smallest absolute Gasteiger partial charge is 0.411 e. The van der Waals surface area contributed by atoms with Crippen LogP contribution < -0.4 is 0 Å². The SMILES string of the molecule is C=CCN(C(=O)OC(C)(C)C)C(C=C)C(O)CO. The minimum Gasteiger partial charge on any atom is -0.444 e. The number of aliphatic hydroxyl groups excluding tert-OH is 2. The summed E-state index contributed by atoms with van der Waals surface area (Å²) in [5.41, 5.74) is -0.633. The first-order valence-corrected chi connectivity index (χ1v) is 5.78. The number of carbonyl (C=O) groups is 1. The van der Waals surface area contributed by atoms with Crippen LogP contribution in [0, 0.1) is 0 Å². The van der Waals surface area contributed by atoms with Crippen LogP contribution in [-0.4, -0.2) is 52.1 Å². The van der Waals surface area contributed by atoms with E-state index < -0.39 is 30.4 Å². The zero-order chi connectivity index (χ0) is 14.3. The third-order valence-electron chi connectivity index (χ3n) is 2.14. The van der Waals surface area contributed by atoms with Crippen molar-refractivity contribution in [2.24, 2.45) is 0 Å². The van der Waals surface area contributed by atoms with E-state index in [1.54, 1.807) is 20.8 Å². The maximum absolute atomic E-state index is 12.0. The van der Waals surface area contributed by atoms with E-state index in [0.29, 0.717) is 0 Å². The molecule has 0 rings (SSSR count). The first-order chi connectivity index (χ1) is 8.26. The van der Waals surface area contributed by atoms with E-state index in [0.717, 1.165) is 0 Å². The topological polar surface area (TPSA) is 70.0 Å². The first kappa shape index (κ1) is 16.7. The number of hydrogen-bond donors (Lipinski definition) is 2. The van der Waals surface area contributed by atoms with Crippen molar-refractivity contribution in [3.8, 4) is 0 Å². The Morgan fingerprint density at radius 2 is 2.00 bits per heavy atom. The molecule has 1 amide bonds. The van der Waals surface area contributed by atoms with E-state index in [9.17, 15) is 9.90 Å². The second-order valence-electron chi connectivity index (χ2n) is 4.90. The summed E-state index contributed by atoms with van der Waals surface area (Å²) in [7, 11) is 0. The Hall–Kier alpha value is -1.33. The molecule has 5 heteroatoms. The Balaban J connectivity index is 4.97. The summed E-state index contributed by atoms with van der Waals surface area (Å²) in [6.07, 6.45) is 1.23. The molecule has 0 spiro atoms. The summed E-state index contributed by atoms with van der Waals surface area (Å²) in [6, 6.07) is -0.720. The molecule has 0 aromatic heterocycles. The molecule has 0 aromatic rings. The minimum atomic E-state index is -1.10. The third kappa shape index (κ3) is 5.33. The van der Waals surface area contributed by atoms with E-state index in [2.05, 4.69) is 13.2 Å². The lowest BCUT2D eigenvalue weighted by atomic mass is 10.1. The molecular formula is C13H23NO4. The minimum absolute atomic E-state index is 0.197. The van der Waals surface area contributed by atoms with Crippen molar-refractivity contribution < 1.29 is 19.7 Å². The van der Waals surface area contributed by atoms with Gasteiger partial charge in [-0.25, -0.2) is 4.79 Å². The van der Waals surface area contributed by atoms with Crippen LogP contribution in [0.2, 0.25) is 0 Å². The predicted molar refractivity (Wildman–Crippen MR) is 70.2 cm³/mol. The number of aliphatic hydroxyl groups is 2. The normalized spacial score (nSPS) is 14.5. The van der Waals surface area contributed by atoms with Crippen LogP contribution >= 0.6 is 0 Å². The number of nitrogens with zero attached hydrogens (tertiary/aromatic N) is 1. The Morgan fingerprint density at radius 1 is 1.44 bits per heavy atom. The summed E-state index contributed by atoms with van der Waals surface area (Å²) < 4.78 is 5.23. The molecule has 18 heavy (non-hydrogen) atoms. The first-order valence-electron chi connectivity index (χ1n) is 5.78. The number of ether oxygens (including phenoxy) is 1. The lowest BCUT2D eigenvalue weighted by molar-refractivity contribution is -0.00414. The van der Waals surface area contributed by atoms with Gasteiger partial charge in [0.15, 0.2) is 0 Å². The molecule has 0 heterocycles. The summed E-state index contributed by atoms with van der Waals surface area (Å²) in [6.45, 7) is 12.1. The molecule has 0 saturated heterocycles. The van der Waals surface area contributed by atoms with Gasteiger partial charge in [0.05, 0.1) is 12.6 Å². The zero-order valence-electron chi connectivity index (χ0n) is 11.3. The van der Waals surface area contributed by atoms with E-state index in [1.807, 2.05) is 0 Å². The molecule has 0 fully saturated rings. The summed E-state index contributed by atoms with van der Waals surface area (Å²) in [5, 5.41) is 18.6. The number of amides is 1. The molecule has 0 aliphatic heterocycles. The zero-order valence-corrected chi connectivity index (χ0v) is 11.3. The van der Waals surface area contributed by atoms with Crippen molar-refractivity contribution in [2.45, 2.75) is 38.5 Å². The lowest BCUT2D eigenvalue weighted by Crippen LogP contribution is -2.49. The van der Waals surface area contributed by atoms with Crippen molar-refractivity contribution in [1.29, 1.82) is 0 Å². The molecule has 0 aliphatic rings. The van der Waals surface area contributed by atoms with E-state index >= 15 is 0 Å². The molecule has 2 unspecified atom stereocenters. The van der Waals surface area contributed by atoms with Crippen LogP contribution in [0.15, 0.2) is 25.3 Å². The van der Waals surface area contributed by atoms with Crippen LogP contribution in [0.5, 0.6) is 0 Å². The van der Waals surface area contributed by atoms with Gasteiger partial charge in [-0.2, -0.15) is 0 Å². The van der Waals surface area contributed by atoms with Gasteiger partial charge in [0, 0.05) is 6.54 Å². The fourth-order valence-electron chi connectivity index (χ4n) is 1.38. The van der Waals surface area contributed by atoms with Crippen LogP contribution in [0.4, 0.5) is 4.79 Å². The highest BCUT2D eigenvalue weighted by Gasteiger charge is 2.29. The van der Waals surface area contributed by atoms with Gasteiger partial charge >= 0.3 is 6.09 Å². The summed E-state index contributed by atoms with van der Waals surface area (Å²) >= 11 is 0. The molecule has 0 saturated carbocycles. The second kappa shape index (κ2) is 7.18. The van der Waals surface area contributed by atoms with Crippen LogP contribution in [0.1, 0.15) is 20.8 Å².